The molecule has 0 unspecified atom stereocenters. The van der Waals surface area contributed by atoms with Gasteiger partial charge in [-0.1, -0.05) is 35.5 Å². The fraction of sp³-hybridized carbons (Fsp3) is 0.111. The number of carbonyl (C=O) groups is 1. The summed E-state index contributed by atoms with van der Waals surface area (Å²) in [5.74, 6) is -1.03. The predicted molar refractivity (Wildman–Crippen MR) is 62.5 cm³/mol. The van der Waals surface area contributed by atoms with Crippen LogP contribution in [0, 0.1) is 0 Å². The third-order valence-electron chi connectivity index (χ3n) is 1.85. The van der Waals surface area contributed by atoms with Crippen LogP contribution in [-0.4, -0.2) is 37.0 Å². The van der Waals surface area contributed by atoms with Gasteiger partial charge in [0.2, 0.25) is 5.16 Å². The first-order valence-corrected chi connectivity index (χ1v) is 5.92. The van der Waals surface area contributed by atoms with Crippen LogP contribution in [0.1, 0.15) is 0 Å². The topological polar surface area (TPSA) is 80.9 Å². The van der Waals surface area contributed by atoms with Gasteiger partial charge in [0.25, 0.3) is 0 Å². The molecule has 1 N–H and O–H groups in total. The Morgan fingerprint density at radius 2 is 2.24 bits per heavy atom. The second-order valence-electron chi connectivity index (χ2n) is 3.01. The van der Waals surface area contributed by atoms with Crippen molar-refractivity contribution in [3.63, 3.8) is 0 Å². The molecule has 0 atom stereocenters. The van der Waals surface area contributed by atoms with Gasteiger partial charge < -0.3 is 5.11 Å². The van der Waals surface area contributed by atoms with E-state index >= 15 is 0 Å². The van der Waals surface area contributed by atoms with Crippen molar-refractivity contribution in [2.45, 2.75) is 5.16 Å². The molecule has 1 aromatic carbocycles. The van der Waals surface area contributed by atoms with Crippen molar-refractivity contribution in [1.82, 2.24) is 20.2 Å². The van der Waals surface area contributed by atoms with Crippen molar-refractivity contribution < 1.29 is 9.90 Å². The van der Waals surface area contributed by atoms with Gasteiger partial charge >= 0.3 is 5.97 Å². The summed E-state index contributed by atoms with van der Waals surface area (Å²) in [7, 11) is 0. The molecule has 0 aliphatic heterocycles. The molecule has 0 fully saturated rings. The highest BCUT2D eigenvalue weighted by Gasteiger charge is 2.12. The quantitative estimate of drug-likeness (QED) is 0.848. The SMILES string of the molecule is O=C(O)CSc1nnnn1-c1ccccc1Cl. The highest BCUT2D eigenvalue weighted by atomic mass is 35.5. The Balaban J connectivity index is 2.31. The first-order valence-electron chi connectivity index (χ1n) is 4.56. The monoisotopic (exact) mass is 270 g/mol. The van der Waals surface area contributed by atoms with E-state index in [-0.39, 0.29) is 5.75 Å². The average molecular weight is 271 g/mol. The maximum Gasteiger partial charge on any atom is 0.313 e. The van der Waals surface area contributed by atoms with Crippen LogP contribution < -0.4 is 0 Å². The molecular weight excluding hydrogens is 264 g/mol. The molecule has 0 spiro atoms. The molecule has 0 saturated heterocycles. The molecule has 1 aromatic heterocycles. The Kier molecular flexibility index (Phi) is 3.60. The van der Waals surface area contributed by atoms with Crippen molar-refractivity contribution in [1.29, 1.82) is 0 Å². The number of benzene rings is 1. The summed E-state index contributed by atoms with van der Waals surface area (Å²) in [6.45, 7) is 0. The fourth-order valence-electron chi connectivity index (χ4n) is 1.17. The van der Waals surface area contributed by atoms with E-state index in [1.165, 1.54) is 4.68 Å². The third-order valence-corrected chi connectivity index (χ3v) is 3.07. The van der Waals surface area contributed by atoms with Gasteiger partial charge in [-0.2, -0.15) is 4.68 Å². The van der Waals surface area contributed by atoms with E-state index in [2.05, 4.69) is 15.5 Å². The van der Waals surface area contributed by atoms with Crippen LogP contribution in [0.15, 0.2) is 29.4 Å². The lowest BCUT2D eigenvalue weighted by Crippen LogP contribution is -2.03. The Bertz CT molecular complexity index is 545. The van der Waals surface area contributed by atoms with Gasteiger partial charge in [0.05, 0.1) is 16.5 Å². The van der Waals surface area contributed by atoms with Crippen molar-refractivity contribution in [2.24, 2.45) is 0 Å². The standard InChI is InChI=1S/C9H7ClN4O2S/c10-6-3-1-2-4-7(6)14-9(11-12-13-14)17-5-8(15)16/h1-4H,5H2,(H,15,16). The van der Waals surface area contributed by atoms with Gasteiger partial charge in [-0.3, -0.25) is 4.79 Å². The smallest absolute Gasteiger partial charge is 0.313 e. The molecule has 17 heavy (non-hydrogen) atoms. The van der Waals surface area contributed by atoms with Crippen LogP contribution in [0.3, 0.4) is 0 Å². The molecule has 6 nitrogen and oxygen atoms in total. The number of para-hydroxylation sites is 1. The lowest BCUT2D eigenvalue weighted by atomic mass is 10.3. The number of nitrogens with zero attached hydrogens (tertiary/aromatic N) is 4. The van der Waals surface area contributed by atoms with E-state index in [0.717, 1.165) is 11.8 Å². The maximum absolute atomic E-state index is 10.5. The summed E-state index contributed by atoms with van der Waals surface area (Å²) >= 11 is 7.04. The van der Waals surface area contributed by atoms with Crippen LogP contribution in [0.4, 0.5) is 0 Å². The summed E-state index contributed by atoms with van der Waals surface area (Å²) in [5, 5.41) is 20.5. The van der Waals surface area contributed by atoms with Gasteiger partial charge in [0, 0.05) is 0 Å². The van der Waals surface area contributed by atoms with Gasteiger partial charge in [-0.15, -0.1) is 5.10 Å². The number of tetrazole rings is 1. The van der Waals surface area contributed by atoms with E-state index in [1.807, 2.05) is 0 Å². The predicted octanol–water partition coefficient (Wildman–Crippen LogP) is 1.49. The summed E-state index contributed by atoms with van der Waals surface area (Å²) in [6.07, 6.45) is 0. The maximum atomic E-state index is 10.5. The molecule has 0 radical (unpaired) electrons. The molecule has 8 heteroatoms. The van der Waals surface area contributed by atoms with Gasteiger partial charge in [0.1, 0.15) is 0 Å². The van der Waals surface area contributed by atoms with Crippen molar-refractivity contribution in [3.05, 3.63) is 29.3 Å². The molecular formula is C9H7ClN4O2S. The highest BCUT2D eigenvalue weighted by Crippen LogP contribution is 2.23. The zero-order valence-corrected chi connectivity index (χ0v) is 10.0. The number of aliphatic carboxylic acids is 1. The molecule has 1 heterocycles. The van der Waals surface area contributed by atoms with E-state index < -0.39 is 5.97 Å². The number of hydrogen-bond donors (Lipinski definition) is 1. The van der Waals surface area contributed by atoms with Crippen LogP contribution in [0.2, 0.25) is 5.02 Å². The largest absolute Gasteiger partial charge is 0.481 e. The summed E-state index contributed by atoms with van der Waals surface area (Å²) in [6, 6.07) is 7.06. The number of aromatic nitrogens is 4. The number of halogens is 1. The fourth-order valence-corrected chi connectivity index (χ4v) is 1.99. The molecule has 0 aliphatic rings. The molecule has 2 rings (SSSR count). The lowest BCUT2D eigenvalue weighted by Gasteiger charge is -2.04. The van der Waals surface area contributed by atoms with Crippen molar-refractivity contribution in [2.75, 3.05) is 5.75 Å². The second kappa shape index (κ2) is 5.15. The van der Waals surface area contributed by atoms with Crippen molar-refractivity contribution in [3.8, 4) is 5.69 Å². The van der Waals surface area contributed by atoms with Crippen LogP contribution in [-0.2, 0) is 4.79 Å². The molecule has 0 bridgehead atoms. The molecule has 2 aromatic rings. The third kappa shape index (κ3) is 2.75. The first kappa shape index (κ1) is 11.9. The Morgan fingerprint density at radius 1 is 1.47 bits per heavy atom. The zero-order valence-electron chi connectivity index (χ0n) is 8.45. The van der Waals surface area contributed by atoms with E-state index in [1.54, 1.807) is 24.3 Å². The average Bonchev–Trinajstić information content (AvgIpc) is 2.75. The van der Waals surface area contributed by atoms with Gasteiger partial charge in [-0.25, -0.2) is 0 Å². The lowest BCUT2D eigenvalue weighted by molar-refractivity contribution is -0.133. The number of hydrogen-bond acceptors (Lipinski definition) is 5. The molecule has 0 amide bonds. The highest BCUT2D eigenvalue weighted by molar-refractivity contribution is 7.99. The second-order valence-corrected chi connectivity index (χ2v) is 4.36. The van der Waals surface area contributed by atoms with Crippen molar-refractivity contribution >= 4 is 29.3 Å². The Hall–Kier alpha value is -1.60. The zero-order chi connectivity index (χ0) is 12.3. The van der Waals surface area contributed by atoms with E-state index in [4.69, 9.17) is 16.7 Å². The molecule has 0 saturated carbocycles. The van der Waals surface area contributed by atoms with Crippen LogP contribution in [0.25, 0.3) is 5.69 Å². The minimum atomic E-state index is -0.927. The minimum Gasteiger partial charge on any atom is -0.481 e. The first-order chi connectivity index (χ1) is 8.18. The molecule has 0 aliphatic carbocycles. The summed E-state index contributed by atoms with van der Waals surface area (Å²) in [5.41, 5.74) is 0.618. The number of carboxylic acids is 1. The van der Waals surface area contributed by atoms with Gasteiger partial charge in [0.15, 0.2) is 0 Å². The minimum absolute atomic E-state index is 0.106. The molecule has 88 valence electrons. The Morgan fingerprint density at radius 3 is 2.94 bits per heavy atom. The summed E-state index contributed by atoms with van der Waals surface area (Å²) < 4.78 is 1.41. The normalized spacial score (nSPS) is 10.4. The Labute approximate surface area is 106 Å². The number of rotatable bonds is 4. The number of carboxylic acid groups (broad SMARTS) is 1. The van der Waals surface area contributed by atoms with E-state index in [0.29, 0.717) is 15.9 Å². The van der Waals surface area contributed by atoms with E-state index in [9.17, 15) is 4.79 Å². The van der Waals surface area contributed by atoms with Gasteiger partial charge in [-0.05, 0) is 22.6 Å². The van der Waals surface area contributed by atoms with Crippen LogP contribution in [0.5, 0.6) is 0 Å². The number of thioether (sulfide) groups is 1. The summed E-state index contributed by atoms with van der Waals surface area (Å²) in [4.78, 5) is 10.5. The van der Waals surface area contributed by atoms with Crippen LogP contribution >= 0.6 is 23.4 Å².